The monoisotopic (exact) mass is 273 g/mol. The Bertz CT molecular complexity index is 528. The smallest absolute Gasteiger partial charge is 0.225 e. The number of carbonyl (C=O) groups excluding carboxylic acids is 1. The van der Waals surface area contributed by atoms with E-state index in [0.717, 1.165) is 43.9 Å². The third-order valence-electron chi connectivity index (χ3n) is 4.72. The maximum atomic E-state index is 12.1. The zero-order valence-electron chi connectivity index (χ0n) is 12.6. The number of nitrogens with zero attached hydrogens (tertiary/aromatic N) is 3. The first-order valence-electron chi connectivity index (χ1n) is 7.36. The highest BCUT2D eigenvalue weighted by Gasteiger charge is 2.60. The zero-order valence-corrected chi connectivity index (χ0v) is 12.6. The fraction of sp³-hybridized carbons (Fsp3) is 0.625. The molecule has 0 N–H and O–H groups in total. The Hall–Kier alpha value is -1.42. The molecule has 2 atom stereocenters. The molecule has 20 heavy (non-hydrogen) atoms. The van der Waals surface area contributed by atoms with Gasteiger partial charge in [0.25, 0.3) is 0 Å². The van der Waals surface area contributed by atoms with Gasteiger partial charge in [0.1, 0.15) is 0 Å². The molecular formula is C16H23N3O. The molecule has 2 aliphatic rings. The van der Waals surface area contributed by atoms with Gasteiger partial charge in [0.05, 0.1) is 5.69 Å². The normalized spacial score (nSPS) is 28.9. The van der Waals surface area contributed by atoms with Crippen LogP contribution in [-0.4, -0.2) is 47.9 Å². The Labute approximate surface area is 120 Å². The van der Waals surface area contributed by atoms with E-state index in [0.29, 0.717) is 5.91 Å². The molecule has 108 valence electrons. The first kappa shape index (κ1) is 13.6. The lowest BCUT2D eigenvalue weighted by Gasteiger charge is -2.16. The van der Waals surface area contributed by atoms with Crippen LogP contribution in [0.3, 0.4) is 0 Å². The second-order valence-corrected chi connectivity index (χ2v) is 6.58. The van der Waals surface area contributed by atoms with E-state index in [4.69, 9.17) is 0 Å². The SMILES string of the molecule is Cc1cccc(CN2CCC3(CC3C(=O)N(C)C)C2)n1. The van der Waals surface area contributed by atoms with Crippen molar-refractivity contribution in [2.24, 2.45) is 11.3 Å². The summed E-state index contributed by atoms with van der Waals surface area (Å²) >= 11 is 0. The molecule has 1 saturated heterocycles. The van der Waals surface area contributed by atoms with Crippen molar-refractivity contribution in [1.82, 2.24) is 14.8 Å². The summed E-state index contributed by atoms with van der Waals surface area (Å²) in [6.07, 6.45) is 2.23. The average Bonchev–Trinajstić information content (AvgIpc) is 2.94. The molecule has 1 aliphatic carbocycles. The molecule has 2 fully saturated rings. The number of rotatable bonds is 3. The van der Waals surface area contributed by atoms with Crippen LogP contribution in [0, 0.1) is 18.3 Å². The van der Waals surface area contributed by atoms with E-state index in [-0.39, 0.29) is 11.3 Å². The zero-order chi connectivity index (χ0) is 14.3. The summed E-state index contributed by atoms with van der Waals surface area (Å²) in [7, 11) is 3.72. The Morgan fingerprint density at radius 2 is 2.30 bits per heavy atom. The number of amides is 1. The van der Waals surface area contributed by atoms with E-state index in [1.807, 2.05) is 27.1 Å². The summed E-state index contributed by atoms with van der Waals surface area (Å²) in [5, 5.41) is 0. The van der Waals surface area contributed by atoms with Gasteiger partial charge in [0.2, 0.25) is 5.91 Å². The molecular weight excluding hydrogens is 250 g/mol. The van der Waals surface area contributed by atoms with Crippen LogP contribution >= 0.6 is 0 Å². The number of aromatic nitrogens is 1. The molecule has 1 aliphatic heterocycles. The van der Waals surface area contributed by atoms with E-state index in [1.165, 1.54) is 0 Å². The number of hydrogen-bond acceptors (Lipinski definition) is 3. The lowest BCUT2D eigenvalue weighted by Crippen LogP contribution is -2.27. The number of hydrogen-bond donors (Lipinski definition) is 0. The minimum atomic E-state index is 0.257. The highest BCUT2D eigenvalue weighted by Crippen LogP contribution is 2.59. The van der Waals surface area contributed by atoms with Crippen LogP contribution in [0.1, 0.15) is 24.2 Å². The van der Waals surface area contributed by atoms with Crippen LogP contribution in [0.2, 0.25) is 0 Å². The van der Waals surface area contributed by atoms with Crippen molar-refractivity contribution in [3.05, 3.63) is 29.6 Å². The van der Waals surface area contributed by atoms with Gasteiger partial charge in [-0.25, -0.2) is 0 Å². The van der Waals surface area contributed by atoms with Crippen LogP contribution in [0.15, 0.2) is 18.2 Å². The maximum absolute atomic E-state index is 12.1. The van der Waals surface area contributed by atoms with Gasteiger partial charge in [-0.2, -0.15) is 0 Å². The Morgan fingerprint density at radius 3 is 3.00 bits per heavy atom. The van der Waals surface area contributed by atoms with Crippen LogP contribution in [-0.2, 0) is 11.3 Å². The lowest BCUT2D eigenvalue weighted by atomic mass is 10.0. The molecule has 1 aromatic rings. The van der Waals surface area contributed by atoms with Crippen molar-refractivity contribution in [3.8, 4) is 0 Å². The lowest BCUT2D eigenvalue weighted by molar-refractivity contribution is -0.130. The van der Waals surface area contributed by atoms with E-state index in [2.05, 4.69) is 22.0 Å². The molecule has 3 rings (SSSR count). The quantitative estimate of drug-likeness (QED) is 0.841. The van der Waals surface area contributed by atoms with Gasteiger partial charge >= 0.3 is 0 Å². The molecule has 0 aromatic carbocycles. The summed E-state index contributed by atoms with van der Waals surface area (Å²) in [6.45, 7) is 5.08. The Balaban J connectivity index is 1.60. The summed E-state index contributed by atoms with van der Waals surface area (Å²) in [6, 6.07) is 6.19. The van der Waals surface area contributed by atoms with Crippen molar-refractivity contribution in [2.45, 2.75) is 26.3 Å². The molecule has 1 saturated carbocycles. The molecule has 1 aromatic heterocycles. The molecule has 0 bridgehead atoms. The molecule has 2 unspecified atom stereocenters. The van der Waals surface area contributed by atoms with Gasteiger partial charge in [-0.3, -0.25) is 14.7 Å². The van der Waals surface area contributed by atoms with Crippen molar-refractivity contribution < 1.29 is 4.79 Å². The highest BCUT2D eigenvalue weighted by molar-refractivity contribution is 5.82. The summed E-state index contributed by atoms with van der Waals surface area (Å²) in [5.41, 5.74) is 2.48. The van der Waals surface area contributed by atoms with Crippen LogP contribution in [0.4, 0.5) is 0 Å². The van der Waals surface area contributed by atoms with E-state index >= 15 is 0 Å². The van der Waals surface area contributed by atoms with Gasteiger partial charge < -0.3 is 4.90 Å². The minimum Gasteiger partial charge on any atom is -0.349 e. The van der Waals surface area contributed by atoms with Gasteiger partial charge in [-0.05, 0) is 43.9 Å². The number of pyridine rings is 1. The van der Waals surface area contributed by atoms with Crippen molar-refractivity contribution in [1.29, 1.82) is 0 Å². The average molecular weight is 273 g/mol. The predicted octanol–water partition coefficient (Wildman–Crippen LogP) is 1.69. The third kappa shape index (κ3) is 2.44. The predicted molar refractivity (Wildman–Crippen MR) is 78.1 cm³/mol. The molecule has 1 amide bonds. The van der Waals surface area contributed by atoms with E-state index in [9.17, 15) is 4.79 Å². The van der Waals surface area contributed by atoms with Crippen molar-refractivity contribution in [3.63, 3.8) is 0 Å². The minimum absolute atomic E-state index is 0.257. The van der Waals surface area contributed by atoms with Crippen molar-refractivity contribution >= 4 is 5.91 Å². The number of aryl methyl sites for hydroxylation is 1. The fourth-order valence-electron chi connectivity index (χ4n) is 3.50. The first-order chi connectivity index (χ1) is 9.50. The summed E-state index contributed by atoms with van der Waals surface area (Å²) in [5.74, 6) is 0.563. The van der Waals surface area contributed by atoms with E-state index < -0.39 is 0 Å². The van der Waals surface area contributed by atoms with Gasteiger partial charge in [-0.15, -0.1) is 0 Å². The second-order valence-electron chi connectivity index (χ2n) is 6.58. The van der Waals surface area contributed by atoms with Crippen molar-refractivity contribution in [2.75, 3.05) is 27.2 Å². The van der Waals surface area contributed by atoms with Crippen LogP contribution in [0.5, 0.6) is 0 Å². The number of carbonyl (C=O) groups is 1. The standard InChI is InChI=1S/C16H23N3O/c1-12-5-4-6-13(17-12)10-19-8-7-16(11-19)9-14(16)15(20)18(2)3/h4-6,14H,7-11H2,1-3H3. The fourth-order valence-corrected chi connectivity index (χ4v) is 3.50. The third-order valence-corrected chi connectivity index (χ3v) is 4.72. The Kier molecular flexibility index (Phi) is 3.28. The first-order valence-corrected chi connectivity index (χ1v) is 7.36. The molecule has 4 heteroatoms. The van der Waals surface area contributed by atoms with Gasteiger partial charge in [-0.1, -0.05) is 6.07 Å². The van der Waals surface area contributed by atoms with E-state index in [1.54, 1.807) is 4.90 Å². The second kappa shape index (κ2) is 4.85. The number of likely N-dealkylation sites (tertiary alicyclic amines) is 1. The molecule has 0 radical (unpaired) electrons. The highest BCUT2D eigenvalue weighted by atomic mass is 16.2. The molecule has 2 heterocycles. The van der Waals surface area contributed by atoms with Gasteiger partial charge in [0, 0.05) is 38.8 Å². The summed E-state index contributed by atoms with van der Waals surface area (Å²) in [4.78, 5) is 20.8. The molecule has 1 spiro atoms. The van der Waals surface area contributed by atoms with Crippen LogP contribution < -0.4 is 0 Å². The maximum Gasteiger partial charge on any atom is 0.225 e. The van der Waals surface area contributed by atoms with Gasteiger partial charge in [0.15, 0.2) is 0 Å². The topological polar surface area (TPSA) is 36.4 Å². The largest absolute Gasteiger partial charge is 0.349 e. The summed E-state index contributed by atoms with van der Waals surface area (Å²) < 4.78 is 0. The van der Waals surface area contributed by atoms with Crippen LogP contribution in [0.25, 0.3) is 0 Å². The molecule has 4 nitrogen and oxygen atoms in total. The Morgan fingerprint density at radius 1 is 1.50 bits per heavy atom.